The van der Waals surface area contributed by atoms with Crippen LogP contribution in [0.1, 0.15) is 10.4 Å². The van der Waals surface area contributed by atoms with Crippen LogP contribution in [-0.2, 0) is 0 Å². The van der Waals surface area contributed by atoms with E-state index in [1.807, 2.05) is 48.5 Å². The Labute approximate surface area is 134 Å². The molecule has 1 N–H and O–H groups in total. The molecule has 3 aromatic rings. The summed E-state index contributed by atoms with van der Waals surface area (Å²) in [6, 6.07) is 16.9. The Balaban J connectivity index is 2.14. The smallest absolute Gasteiger partial charge is 0.338 e. The van der Waals surface area contributed by atoms with Crippen LogP contribution >= 0.6 is 27.7 Å². The molecule has 0 saturated heterocycles. The van der Waals surface area contributed by atoms with Crippen LogP contribution in [0.5, 0.6) is 0 Å². The fourth-order valence-corrected chi connectivity index (χ4v) is 3.41. The third kappa shape index (κ3) is 2.94. The standard InChI is InChI=1S/C16H10BrNO2S/c17-12-6-2-4-8-14(12)21-15-11(16(19)20)9-10-5-1-3-7-13(10)18-15/h1-9H,(H,19,20). The number of rotatable bonds is 3. The van der Waals surface area contributed by atoms with E-state index in [9.17, 15) is 9.90 Å². The lowest BCUT2D eigenvalue weighted by atomic mass is 10.1. The zero-order valence-electron chi connectivity index (χ0n) is 10.8. The summed E-state index contributed by atoms with van der Waals surface area (Å²) in [5.74, 6) is -0.970. The van der Waals surface area contributed by atoms with E-state index >= 15 is 0 Å². The van der Waals surface area contributed by atoms with Crippen molar-refractivity contribution in [2.24, 2.45) is 0 Å². The van der Waals surface area contributed by atoms with Crippen molar-refractivity contribution < 1.29 is 9.90 Å². The molecule has 1 aromatic heterocycles. The fourth-order valence-electron chi connectivity index (χ4n) is 1.96. The van der Waals surface area contributed by atoms with Crippen molar-refractivity contribution in [1.29, 1.82) is 0 Å². The molecule has 0 radical (unpaired) electrons. The van der Waals surface area contributed by atoms with Gasteiger partial charge in [-0.25, -0.2) is 9.78 Å². The molecule has 0 amide bonds. The number of nitrogens with zero attached hydrogens (tertiary/aromatic N) is 1. The monoisotopic (exact) mass is 359 g/mol. The lowest BCUT2D eigenvalue weighted by Gasteiger charge is -2.08. The van der Waals surface area contributed by atoms with Gasteiger partial charge in [0.15, 0.2) is 0 Å². The van der Waals surface area contributed by atoms with E-state index in [0.717, 1.165) is 20.3 Å². The third-order valence-electron chi connectivity index (χ3n) is 2.96. The number of carbonyl (C=O) groups is 1. The van der Waals surface area contributed by atoms with Gasteiger partial charge in [-0.3, -0.25) is 0 Å². The molecule has 0 saturated carbocycles. The van der Waals surface area contributed by atoms with Crippen LogP contribution in [0, 0.1) is 0 Å². The lowest BCUT2D eigenvalue weighted by molar-refractivity contribution is 0.0692. The van der Waals surface area contributed by atoms with Gasteiger partial charge in [0.2, 0.25) is 0 Å². The summed E-state index contributed by atoms with van der Waals surface area (Å²) in [7, 11) is 0. The Morgan fingerprint density at radius 2 is 1.81 bits per heavy atom. The van der Waals surface area contributed by atoms with Crippen molar-refractivity contribution in [2.45, 2.75) is 9.92 Å². The van der Waals surface area contributed by atoms with E-state index in [0.29, 0.717) is 5.03 Å². The summed E-state index contributed by atoms with van der Waals surface area (Å²) in [5, 5.41) is 10.7. The zero-order chi connectivity index (χ0) is 14.8. The molecular weight excluding hydrogens is 350 g/mol. The van der Waals surface area contributed by atoms with E-state index in [-0.39, 0.29) is 5.56 Å². The van der Waals surface area contributed by atoms with Gasteiger partial charge in [0.25, 0.3) is 0 Å². The summed E-state index contributed by atoms with van der Waals surface area (Å²) in [5.41, 5.74) is 1.01. The van der Waals surface area contributed by atoms with Crippen molar-refractivity contribution in [3.05, 3.63) is 64.6 Å². The molecule has 5 heteroatoms. The average molecular weight is 360 g/mol. The molecule has 3 rings (SSSR count). The van der Waals surface area contributed by atoms with Gasteiger partial charge in [0.1, 0.15) is 5.03 Å². The number of hydrogen-bond donors (Lipinski definition) is 1. The van der Waals surface area contributed by atoms with Gasteiger partial charge in [-0.2, -0.15) is 0 Å². The zero-order valence-corrected chi connectivity index (χ0v) is 13.2. The molecule has 0 spiro atoms. The molecule has 3 nitrogen and oxygen atoms in total. The predicted octanol–water partition coefficient (Wildman–Crippen LogP) is 4.85. The lowest BCUT2D eigenvalue weighted by Crippen LogP contribution is -2.01. The first-order chi connectivity index (χ1) is 10.1. The quantitative estimate of drug-likeness (QED) is 0.726. The number of carboxylic acids is 1. The first-order valence-corrected chi connectivity index (χ1v) is 7.81. The number of fused-ring (bicyclic) bond motifs is 1. The molecule has 0 bridgehead atoms. The summed E-state index contributed by atoms with van der Waals surface area (Å²) in [6.07, 6.45) is 0. The maximum Gasteiger partial charge on any atom is 0.338 e. The number of aromatic carboxylic acids is 1. The third-order valence-corrected chi connectivity index (χ3v) is 5.00. The van der Waals surface area contributed by atoms with Crippen molar-refractivity contribution in [2.75, 3.05) is 0 Å². The molecule has 104 valence electrons. The van der Waals surface area contributed by atoms with Crippen LogP contribution in [0.3, 0.4) is 0 Å². The second-order valence-electron chi connectivity index (χ2n) is 4.37. The number of benzene rings is 2. The second-order valence-corrected chi connectivity index (χ2v) is 6.26. The Bertz CT molecular complexity index is 835. The SMILES string of the molecule is O=C(O)c1cc2ccccc2nc1Sc1ccccc1Br. The Kier molecular flexibility index (Phi) is 3.94. The highest BCUT2D eigenvalue weighted by Gasteiger charge is 2.15. The van der Waals surface area contributed by atoms with Gasteiger partial charge in [-0.1, -0.05) is 42.1 Å². The van der Waals surface area contributed by atoms with Gasteiger partial charge < -0.3 is 5.11 Å². The Hall–Kier alpha value is -1.85. The second kappa shape index (κ2) is 5.87. The van der Waals surface area contributed by atoms with Crippen LogP contribution in [0.15, 0.2) is 69.0 Å². The van der Waals surface area contributed by atoms with Gasteiger partial charge in [0.05, 0.1) is 11.1 Å². The minimum atomic E-state index is -0.970. The van der Waals surface area contributed by atoms with Crippen LogP contribution < -0.4 is 0 Å². The number of pyridine rings is 1. The highest BCUT2D eigenvalue weighted by atomic mass is 79.9. The van der Waals surface area contributed by atoms with Crippen LogP contribution in [0.4, 0.5) is 0 Å². The number of carboxylic acid groups (broad SMARTS) is 1. The molecule has 21 heavy (non-hydrogen) atoms. The molecule has 0 aliphatic heterocycles. The van der Waals surface area contributed by atoms with Crippen molar-refractivity contribution in [3.8, 4) is 0 Å². The summed E-state index contributed by atoms with van der Waals surface area (Å²) in [4.78, 5) is 16.9. The van der Waals surface area contributed by atoms with E-state index in [1.54, 1.807) is 6.07 Å². The Morgan fingerprint density at radius 1 is 1.10 bits per heavy atom. The van der Waals surface area contributed by atoms with Gasteiger partial charge in [0, 0.05) is 14.8 Å². The van der Waals surface area contributed by atoms with Gasteiger partial charge in [-0.05, 0) is 40.2 Å². The molecule has 0 aliphatic carbocycles. The minimum Gasteiger partial charge on any atom is -0.478 e. The van der Waals surface area contributed by atoms with E-state index in [2.05, 4.69) is 20.9 Å². The highest BCUT2D eigenvalue weighted by Crippen LogP contribution is 2.35. The number of hydrogen-bond acceptors (Lipinski definition) is 3. The first-order valence-electron chi connectivity index (χ1n) is 6.20. The summed E-state index contributed by atoms with van der Waals surface area (Å²) < 4.78 is 0.918. The van der Waals surface area contributed by atoms with E-state index < -0.39 is 5.97 Å². The largest absolute Gasteiger partial charge is 0.478 e. The Morgan fingerprint density at radius 3 is 2.57 bits per heavy atom. The fraction of sp³-hybridized carbons (Fsp3) is 0. The van der Waals surface area contributed by atoms with Crippen molar-refractivity contribution >= 4 is 44.6 Å². The number of para-hydroxylation sites is 1. The van der Waals surface area contributed by atoms with E-state index in [1.165, 1.54) is 11.8 Å². The van der Waals surface area contributed by atoms with Gasteiger partial charge in [-0.15, -0.1) is 0 Å². The first kappa shape index (κ1) is 14.1. The number of aromatic nitrogens is 1. The predicted molar refractivity (Wildman–Crippen MR) is 87.0 cm³/mol. The van der Waals surface area contributed by atoms with Crippen LogP contribution in [-0.4, -0.2) is 16.1 Å². The van der Waals surface area contributed by atoms with Crippen molar-refractivity contribution in [3.63, 3.8) is 0 Å². The van der Waals surface area contributed by atoms with E-state index in [4.69, 9.17) is 0 Å². The minimum absolute atomic E-state index is 0.217. The normalized spacial score (nSPS) is 10.7. The average Bonchev–Trinajstić information content (AvgIpc) is 2.48. The highest BCUT2D eigenvalue weighted by molar-refractivity contribution is 9.10. The summed E-state index contributed by atoms with van der Waals surface area (Å²) in [6.45, 7) is 0. The maximum atomic E-state index is 11.5. The molecule has 1 heterocycles. The van der Waals surface area contributed by atoms with Crippen LogP contribution in [0.2, 0.25) is 0 Å². The maximum absolute atomic E-state index is 11.5. The van der Waals surface area contributed by atoms with Crippen molar-refractivity contribution in [1.82, 2.24) is 4.98 Å². The molecule has 2 aromatic carbocycles. The molecule has 0 fully saturated rings. The molecule has 0 atom stereocenters. The topological polar surface area (TPSA) is 50.2 Å². The van der Waals surface area contributed by atoms with Gasteiger partial charge >= 0.3 is 5.97 Å². The molecular formula is C16H10BrNO2S. The number of halogens is 1. The van der Waals surface area contributed by atoms with Crippen LogP contribution in [0.25, 0.3) is 10.9 Å². The summed E-state index contributed by atoms with van der Waals surface area (Å²) >= 11 is 4.81. The molecule has 0 aliphatic rings. The molecule has 0 unspecified atom stereocenters.